The molecule has 1 heterocycles. The van der Waals surface area contributed by atoms with Crippen LogP contribution in [0.1, 0.15) is 11.1 Å². The Balaban J connectivity index is 2.14. The molecule has 1 fully saturated rings. The summed E-state index contributed by atoms with van der Waals surface area (Å²) in [6.45, 7) is 4.21. The summed E-state index contributed by atoms with van der Waals surface area (Å²) in [5.41, 5.74) is 2.43. The van der Waals surface area contributed by atoms with Crippen LogP contribution in [0.4, 0.5) is 0 Å². The number of aryl methyl sites for hydroxylation is 1. The molecule has 0 aliphatic carbocycles. The second-order valence-corrected chi connectivity index (χ2v) is 3.44. The fraction of sp³-hybridized carbons (Fsp3) is 0.333. The van der Waals surface area contributed by atoms with E-state index < -0.39 is 0 Å². The molecule has 1 saturated heterocycles. The molecule has 0 unspecified atom stereocenters. The second-order valence-electron chi connectivity index (χ2n) is 3.44. The van der Waals surface area contributed by atoms with Crippen molar-refractivity contribution in [1.82, 2.24) is 5.32 Å². The predicted molar refractivity (Wildman–Crippen MR) is 54.4 cm³/mol. The minimum atomic E-state index is 0.569. The van der Waals surface area contributed by atoms with Gasteiger partial charge in [0.25, 0.3) is 0 Å². The lowest BCUT2D eigenvalue weighted by molar-refractivity contribution is 0.432. The molecule has 13 heavy (non-hydrogen) atoms. The standard InChI is InChI=1S/C12H13N/c1-10-4-2-3-5-12(10)7-6-11-8-13-9-11/h2-5,11,13H,8-9H2,1H3. The normalized spacial score (nSPS) is 15.8. The van der Waals surface area contributed by atoms with Crippen molar-refractivity contribution in [3.63, 3.8) is 0 Å². The molecule has 0 atom stereocenters. The predicted octanol–water partition coefficient (Wildman–Crippen LogP) is 1.57. The van der Waals surface area contributed by atoms with Gasteiger partial charge >= 0.3 is 0 Å². The third kappa shape index (κ3) is 1.91. The lowest BCUT2D eigenvalue weighted by Gasteiger charge is -2.21. The maximum atomic E-state index is 3.26. The molecule has 0 spiro atoms. The van der Waals surface area contributed by atoms with Crippen molar-refractivity contribution in [3.05, 3.63) is 35.4 Å². The molecule has 0 aromatic heterocycles. The molecule has 1 heteroatoms. The van der Waals surface area contributed by atoms with Gasteiger partial charge in [0.05, 0.1) is 0 Å². The molecule has 1 nitrogen and oxygen atoms in total. The molecule has 0 radical (unpaired) electrons. The van der Waals surface area contributed by atoms with E-state index in [2.05, 4.69) is 36.2 Å². The first-order chi connectivity index (χ1) is 6.36. The van der Waals surface area contributed by atoms with Gasteiger partial charge in [0.15, 0.2) is 0 Å². The molecule has 1 aliphatic rings. The SMILES string of the molecule is Cc1ccccc1C#CC1CNC1. The Kier molecular flexibility index (Phi) is 2.33. The quantitative estimate of drug-likeness (QED) is 0.584. The van der Waals surface area contributed by atoms with Gasteiger partial charge in [-0.2, -0.15) is 0 Å². The maximum Gasteiger partial charge on any atom is 0.0455 e. The van der Waals surface area contributed by atoms with Gasteiger partial charge in [-0.25, -0.2) is 0 Å². The monoisotopic (exact) mass is 171 g/mol. The highest BCUT2D eigenvalue weighted by Crippen LogP contribution is 2.06. The Morgan fingerprint density at radius 1 is 1.31 bits per heavy atom. The van der Waals surface area contributed by atoms with Crippen LogP contribution in [-0.2, 0) is 0 Å². The Labute approximate surface area is 79.2 Å². The highest BCUT2D eigenvalue weighted by Gasteiger charge is 2.12. The minimum Gasteiger partial charge on any atom is -0.314 e. The van der Waals surface area contributed by atoms with Crippen LogP contribution in [0.5, 0.6) is 0 Å². The van der Waals surface area contributed by atoms with Crippen LogP contribution in [0.15, 0.2) is 24.3 Å². The van der Waals surface area contributed by atoms with Gasteiger partial charge < -0.3 is 5.32 Å². The largest absolute Gasteiger partial charge is 0.314 e. The van der Waals surface area contributed by atoms with E-state index in [-0.39, 0.29) is 0 Å². The van der Waals surface area contributed by atoms with Crippen LogP contribution in [0.25, 0.3) is 0 Å². The lowest BCUT2D eigenvalue weighted by atomic mass is 10.0. The topological polar surface area (TPSA) is 12.0 Å². The van der Waals surface area contributed by atoms with E-state index in [4.69, 9.17) is 0 Å². The zero-order chi connectivity index (χ0) is 9.10. The van der Waals surface area contributed by atoms with Crippen molar-refractivity contribution in [2.45, 2.75) is 6.92 Å². The Hall–Kier alpha value is -1.26. The smallest absolute Gasteiger partial charge is 0.0455 e. The molecular weight excluding hydrogens is 158 g/mol. The van der Waals surface area contributed by atoms with Crippen molar-refractivity contribution < 1.29 is 0 Å². The van der Waals surface area contributed by atoms with Crippen LogP contribution in [0, 0.1) is 24.7 Å². The number of rotatable bonds is 0. The fourth-order valence-corrected chi connectivity index (χ4v) is 1.28. The van der Waals surface area contributed by atoms with Crippen molar-refractivity contribution in [1.29, 1.82) is 0 Å². The summed E-state index contributed by atoms with van der Waals surface area (Å²) in [7, 11) is 0. The maximum absolute atomic E-state index is 3.26. The van der Waals surface area contributed by atoms with Crippen LogP contribution in [0.2, 0.25) is 0 Å². The van der Waals surface area contributed by atoms with Crippen molar-refractivity contribution >= 4 is 0 Å². The summed E-state index contributed by atoms with van der Waals surface area (Å²) in [4.78, 5) is 0. The molecule has 0 saturated carbocycles. The van der Waals surface area contributed by atoms with E-state index in [1.807, 2.05) is 12.1 Å². The molecule has 1 aliphatic heterocycles. The van der Waals surface area contributed by atoms with Gasteiger partial charge in [-0.05, 0) is 18.6 Å². The van der Waals surface area contributed by atoms with Crippen molar-refractivity contribution in [2.24, 2.45) is 5.92 Å². The average molecular weight is 171 g/mol. The third-order valence-corrected chi connectivity index (χ3v) is 2.34. The zero-order valence-electron chi connectivity index (χ0n) is 7.80. The number of nitrogens with one attached hydrogen (secondary N) is 1. The zero-order valence-corrected chi connectivity index (χ0v) is 7.80. The van der Waals surface area contributed by atoms with Gasteiger partial charge in [-0.3, -0.25) is 0 Å². The number of hydrogen-bond acceptors (Lipinski definition) is 1. The molecule has 1 aromatic carbocycles. The first kappa shape index (κ1) is 8.34. The molecule has 2 rings (SSSR count). The van der Waals surface area contributed by atoms with Crippen LogP contribution >= 0.6 is 0 Å². The molecule has 66 valence electrons. The first-order valence-corrected chi connectivity index (χ1v) is 4.64. The first-order valence-electron chi connectivity index (χ1n) is 4.64. The van der Waals surface area contributed by atoms with Crippen molar-refractivity contribution in [2.75, 3.05) is 13.1 Å². The van der Waals surface area contributed by atoms with Gasteiger partial charge in [-0.15, -0.1) is 0 Å². The molecule has 1 aromatic rings. The fourth-order valence-electron chi connectivity index (χ4n) is 1.28. The minimum absolute atomic E-state index is 0.569. The Bertz CT molecular complexity index is 353. The van der Waals surface area contributed by atoms with E-state index in [0.717, 1.165) is 18.7 Å². The van der Waals surface area contributed by atoms with Gasteiger partial charge in [-0.1, -0.05) is 30.0 Å². The van der Waals surface area contributed by atoms with Gasteiger partial charge in [0.1, 0.15) is 0 Å². The summed E-state index contributed by atoms with van der Waals surface area (Å²) in [5.74, 6) is 7.06. The van der Waals surface area contributed by atoms with Crippen molar-refractivity contribution in [3.8, 4) is 11.8 Å². The second kappa shape index (κ2) is 3.64. The van der Waals surface area contributed by atoms with Crippen LogP contribution in [0.3, 0.4) is 0 Å². The van der Waals surface area contributed by atoms with Gasteiger partial charge in [0.2, 0.25) is 0 Å². The van der Waals surface area contributed by atoms with Crippen LogP contribution in [-0.4, -0.2) is 13.1 Å². The summed E-state index contributed by atoms with van der Waals surface area (Å²) in [6.07, 6.45) is 0. The van der Waals surface area contributed by atoms with E-state index in [0.29, 0.717) is 5.92 Å². The average Bonchev–Trinajstić information content (AvgIpc) is 2.05. The number of hydrogen-bond donors (Lipinski definition) is 1. The van der Waals surface area contributed by atoms with E-state index >= 15 is 0 Å². The summed E-state index contributed by atoms with van der Waals surface area (Å²) in [5, 5.41) is 3.21. The van der Waals surface area contributed by atoms with E-state index in [1.165, 1.54) is 5.56 Å². The van der Waals surface area contributed by atoms with E-state index in [9.17, 15) is 0 Å². The highest BCUT2D eigenvalue weighted by atomic mass is 14.9. The Morgan fingerprint density at radius 3 is 2.69 bits per heavy atom. The molecule has 0 bridgehead atoms. The molecule has 1 N–H and O–H groups in total. The summed E-state index contributed by atoms with van der Waals surface area (Å²) in [6, 6.07) is 8.26. The highest BCUT2D eigenvalue weighted by molar-refractivity contribution is 5.40. The Morgan fingerprint density at radius 2 is 2.08 bits per heavy atom. The third-order valence-electron chi connectivity index (χ3n) is 2.34. The molecule has 0 amide bonds. The van der Waals surface area contributed by atoms with Gasteiger partial charge in [0, 0.05) is 24.6 Å². The summed E-state index contributed by atoms with van der Waals surface area (Å²) < 4.78 is 0. The summed E-state index contributed by atoms with van der Waals surface area (Å²) >= 11 is 0. The van der Waals surface area contributed by atoms with E-state index in [1.54, 1.807) is 0 Å². The number of benzene rings is 1. The van der Waals surface area contributed by atoms with Crippen LogP contribution < -0.4 is 5.32 Å². The lowest BCUT2D eigenvalue weighted by Crippen LogP contribution is -2.40. The molecular formula is C12H13N.